The number of carbonyl (C=O) groups excluding carboxylic acids is 3. The van der Waals surface area contributed by atoms with E-state index in [2.05, 4.69) is 20.9 Å². The Hall–Kier alpha value is -4.99. The van der Waals surface area contributed by atoms with Gasteiger partial charge >= 0.3 is 0 Å². The number of carbonyl (C=O) groups is 3. The highest BCUT2D eigenvalue weighted by Crippen LogP contribution is 2.26. The van der Waals surface area contributed by atoms with Gasteiger partial charge in [0.2, 0.25) is 5.91 Å². The Balaban J connectivity index is 1.29. The van der Waals surface area contributed by atoms with Crippen molar-refractivity contribution >= 4 is 57.7 Å². The Kier molecular flexibility index (Phi) is 9.78. The van der Waals surface area contributed by atoms with Crippen molar-refractivity contribution in [3.63, 3.8) is 0 Å². The molecule has 7 nitrogen and oxygen atoms in total. The van der Waals surface area contributed by atoms with Crippen LogP contribution >= 0.6 is 23.1 Å². The monoisotopic (exact) mass is 604 g/mol. The van der Waals surface area contributed by atoms with Crippen LogP contribution in [0.2, 0.25) is 0 Å². The lowest BCUT2D eigenvalue weighted by Gasteiger charge is -2.13. The number of nitrogens with zero attached hydrogens (tertiary/aromatic N) is 1. The molecule has 1 atom stereocenters. The number of aromatic nitrogens is 1. The van der Waals surface area contributed by atoms with Crippen molar-refractivity contribution in [2.45, 2.75) is 17.1 Å². The van der Waals surface area contributed by atoms with Crippen LogP contribution in [0.25, 0.3) is 17.2 Å². The number of hydrogen-bond acceptors (Lipinski definition) is 6. The number of nitrogens with one attached hydrogen (secondary N) is 3. The molecule has 0 radical (unpaired) electrons. The van der Waals surface area contributed by atoms with E-state index in [-0.39, 0.29) is 22.8 Å². The maximum atomic E-state index is 13.4. The molecule has 5 rings (SSSR count). The fraction of sp³-hybridized carbons (Fsp3) is 0.0588. The van der Waals surface area contributed by atoms with Crippen LogP contribution < -0.4 is 16.0 Å². The molecule has 1 heterocycles. The van der Waals surface area contributed by atoms with Crippen LogP contribution in [0.1, 0.15) is 22.8 Å². The van der Waals surface area contributed by atoms with Crippen LogP contribution in [-0.4, -0.2) is 28.0 Å². The zero-order valence-electron chi connectivity index (χ0n) is 23.2. The summed E-state index contributed by atoms with van der Waals surface area (Å²) in [6.07, 6.45) is 3.29. The number of amides is 3. The average Bonchev–Trinajstić information content (AvgIpc) is 3.56. The van der Waals surface area contributed by atoms with Crippen LogP contribution in [-0.2, 0) is 9.59 Å². The number of thioether (sulfide) groups is 1. The molecule has 4 aromatic carbocycles. The Morgan fingerprint density at radius 3 is 2.09 bits per heavy atom. The van der Waals surface area contributed by atoms with Crippen molar-refractivity contribution in [1.82, 2.24) is 10.3 Å². The van der Waals surface area contributed by atoms with Gasteiger partial charge in [0.1, 0.15) is 5.70 Å². The maximum Gasteiger partial charge on any atom is 0.272 e. The second kappa shape index (κ2) is 14.3. The molecule has 214 valence electrons. The molecule has 0 spiro atoms. The van der Waals surface area contributed by atoms with Gasteiger partial charge in [-0.3, -0.25) is 14.4 Å². The van der Waals surface area contributed by atoms with Crippen LogP contribution in [0.5, 0.6) is 0 Å². The fourth-order valence-electron chi connectivity index (χ4n) is 4.08. The Bertz CT molecular complexity index is 1710. The number of anilines is 2. The molecule has 3 amide bonds. The molecule has 0 saturated carbocycles. The van der Waals surface area contributed by atoms with Gasteiger partial charge in [0.25, 0.3) is 11.8 Å². The lowest BCUT2D eigenvalue weighted by molar-refractivity contribution is -0.115. The maximum absolute atomic E-state index is 13.4. The largest absolute Gasteiger partial charge is 0.321 e. The van der Waals surface area contributed by atoms with E-state index in [4.69, 9.17) is 0 Å². The summed E-state index contributed by atoms with van der Waals surface area (Å²) in [6, 6.07) is 33.7. The number of benzene rings is 4. The van der Waals surface area contributed by atoms with E-state index in [9.17, 15) is 14.4 Å². The lowest BCUT2D eigenvalue weighted by Crippen LogP contribution is -2.30. The zero-order chi connectivity index (χ0) is 30.0. The quantitative estimate of drug-likeness (QED) is 0.114. The van der Waals surface area contributed by atoms with E-state index in [1.165, 1.54) is 23.1 Å². The van der Waals surface area contributed by atoms with Crippen LogP contribution in [0.3, 0.4) is 0 Å². The van der Waals surface area contributed by atoms with Gasteiger partial charge in [0.05, 0.1) is 5.25 Å². The Morgan fingerprint density at radius 1 is 0.791 bits per heavy atom. The molecule has 0 aliphatic carbocycles. The van der Waals surface area contributed by atoms with Crippen molar-refractivity contribution in [2.75, 3.05) is 10.6 Å². The SMILES string of the molecule is CC(Sc1ccc(NC(=O)/C(=C/c2ccc(-c3ccccc3)cc2)NC(=O)c2ccccc2)cc1)C(=O)Nc1nccs1. The molecule has 43 heavy (non-hydrogen) atoms. The second-order valence-corrected chi connectivity index (χ2v) is 11.7. The summed E-state index contributed by atoms with van der Waals surface area (Å²) in [5.74, 6) is -0.995. The first kappa shape index (κ1) is 29.5. The third kappa shape index (κ3) is 8.28. The predicted molar refractivity (Wildman–Crippen MR) is 175 cm³/mol. The number of hydrogen-bond donors (Lipinski definition) is 3. The lowest BCUT2D eigenvalue weighted by atomic mass is 10.0. The molecule has 0 bridgehead atoms. The van der Waals surface area contributed by atoms with Gasteiger partial charge in [-0.1, -0.05) is 72.8 Å². The first-order valence-electron chi connectivity index (χ1n) is 13.5. The molecule has 1 unspecified atom stereocenters. The third-order valence-electron chi connectivity index (χ3n) is 6.31. The van der Waals surface area contributed by atoms with Crippen molar-refractivity contribution < 1.29 is 14.4 Å². The van der Waals surface area contributed by atoms with Crippen molar-refractivity contribution in [2.24, 2.45) is 0 Å². The summed E-state index contributed by atoms with van der Waals surface area (Å²) in [5.41, 5.74) is 3.99. The van der Waals surface area contributed by atoms with E-state index in [0.29, 0.717) is 16.4 Å². The molecule has 0 aliphatic heterocycles. The minimum absolute atomic E-state index is 0.104. The van der Waals surface area contributed by atoms with E-state index in [1.54, 1.807) is 54.1 Å². The van der Waals surface area contributed by atoms with E-state index in [0.717, 1.165) is 21.6 Å². The molecule has 0 fully saturated rings. The topological polar surface area (TPSA) is 100 Å². The Morgan fingerprint density at radius 2 is 1.44 bits per heavy atom. The smallest absolute Gasteiger partial charge is 0.272 e. The fourth-order valence-corrected chi connectivity index (χ4v) is 5.48. The van der Waals surface area contributed by atoms with E-state index in [1.807, 2.05) is 79.7 Å². The summed E-state index contributed by atoms with van der Waals surface area (Å²) >= 11 is 2.76. The highest BCUT2D eigenvalue weighted by atomic mass is 32.2. The van der Waals surface area contributed by atoms with Gasteiger partial charge in [-0.05, 0) is 66.1 Å². The van der Waals surface area contributed by atoms with Crippen molar-refractivity contribution in [1.29, 1.82) is 0 Å². The standard InChI is InChI=1S/C34H28N4O3S2/c1-23(31(39)38-34-35-20-21-42-34)43-29-18-16-28(17-19-29)36-33(41)30(37-32(40)27-10-6-3-7-11-27)22-24-12-14-26(15-13-24)25-8-4-2-5-9-25/h2-23H,1H3,(H,36,41)(H,37,40)(H,35,38,39)/b30-22-. The summed E-state index contributed by atoms with van der Waals surface area (Å²) in [4.78, 5) is 43.8. The number of thiazole rings is 1. The Labute approximate surface area is 258 Å². The van der Waals surface area contributed by atoms with Crippen LogP contribution in [0.4, 0.5) is 10.8 Å². The predicted octanol–water partition coefficient (Wildman–Crippen LogP) is 7.34. The molecule has 0 saturated heterocycles. The zero-order valence-corrected chi connectivity index (χ0v) is 24.8. The molecule has 1 aromatic heterocycles. The van der Waals surface area contributed by atoms with Crippen LogP contribution in [0, 0.1) is 0 Å². The molecule has 3 N–H and O–H groups in total. The minimum Gasteiger partial charge on any atom is -0.321 e. The van der Waals surface area contributed by atoms with Crippen LogP contribution in [0.15, 0.2) is 131 Å². The summed E-state index contributed by atoms with van der Waals surface area (Å²) < 4.78 is 0. The third-order valence-corrected chi connectivity index (χ3v) is 8.11. The number of rotatable bonds is 10. The van der Waals surface area contributed by atoms with Gasteiger partial charge < -0.3 is 16.0 Å². The van der Waals surface area contributed by atoms with Gasteiger partial charge in [0.15, 0.2) is 5.13 Å². The minimum atomic E-state index is -0.465. The van der Waals surface area contributed by atoms with Gasteiger partial charge in [-0.2, -0.15) is 0 Å². The molecule has 9 heteroatoms. The van der Waals surface area contributed by atoms with Gasteiger partial charge in [-0.25, -0.2) is 4.98 Å². The van der Waals surface area contributed by atoms with Gasteiger partial charge in [0, 0.05) is 27.7 Å². The summed E-state index contributed by atoms with van der Waals surface area (Å²) in [6.45, 7) is 1.82. The van der Waals surface area contributed by atoms with Gasteiger partial charge in [-0.15, -0.1) is 23.1 Å². The first-order valence-corrected chi connectivity index (χ1v) is 15.2. The van der Waals surface area contributed by atoms with E-state index >= 15 is 0 Å². The molecule has 5 aromatic rings. The highest BCUT2D eigenvalue weighted by molar-refractivity contribution is 8.00. The normalized spacial score (nSPS) is 11.8. The van der Waals surface area contributed by atoms with Crippen molar-refractivity contribution in [3.8, 4) is 11.1 Å². The molecular weight excluding hydrogens is 577 g/mol. The molecular formula is C34H28N4O3S2. The summed E-state index contributed by atoms with van der Waals surface area (Å²) in [7, 11) is 0. The molecule has 0 aliphatic rings. The summed E-state index contributed by atoms with van der Waals surface area (Å²) in [5, 5.41) is 10.5. The van der Waals surface area contributed by atoms with Crippen molar-refractivity contribution in [3.05, 3.63) is 138 Å². The highest BCUT2D eigenvalue weighted by Gasteiger charge is 2.17. The van der Waals surface area contributed by atoms with E-state index < -0.39 is 5.91 Å². The first-order chi connectivity index (χ1) is 20.9. The average molecular weight is 605 g/mol. The second-order valence-electron chi connectivity index (χ2n) is 9.43.